The number of carbonyl (C=O) groups excluding carboxylic acids is 1. The quantitative estimate of drug-likeness (QED) is 0.801. The molecule has 4 atom stereocenters. The Balaban J connectivity index is 1.50. The van der Waals surface area contributed by atoms with Crippen molar-refractivity contribution in [1.29, 1.82) is 0 Å². The van der Waals surface area contributed by atoms with Crippen molar-refractivity contribution in [3.05, 3.63) is 34.2 Å². The predicted molar refractivity (Wildman–Crippen MR) is 112 cm³/mol. The van der Waals surface area contributed by atoms with Gasteiger partial charge in [-0.1, -0.05) is 25.3 Å². The Morgan fingerprint density at radius 3 is 2.63 bits per heavy atom. The summed E-state index contributed by atoms with van der Waals surface area (Å²) in [7, 11) is 0. The van der Waals surface area contributed by atoms with Crippen molar-refractivity contribution in [3.8, 4) is 0 Å². The van der Waals surface area contributed by atoms with Gasteiger partial charge in [-0.25, -0.2) is 0 Å². The summed E-state index contributed by atoms with van der Waals surface area (Å²) in [6.07, 6.45) is 6.23. The van der Waals surface area contributed by atoms with Gasteiger partial charge in [0.25, 0.3) is 5.56 Å². The SMILES string of the molecule is O=C([C@H]1[C@H](CO)[C@H]2Cn3c(cccc3=O)[C@H]2N1CC1CCCCC1)N1CCOCC1. The Hall–Kier alpha value is -1.70. The van der Waals surface area contributed by atoms with Crippen LogP contribution in [0.2, 0.25) is 0 Å². The number of morpholine rings is 1. The molecular formula is C23H33N3O4. The van der Waals surface area contributed by atoms with E-state index < -0.39 is 0 Å². The van der Waals surface area contributed by atoms with Gasteiger partial charge in [0, 0.05) is 56.4 Å². The third kappa shape index (κ3) is 3.41. The number of likely N-dealkylation sites (tertiary alicyclic amines) is 1. The Morgan fingerprint density at radius 2 is 1.90 bits per heavy atom. The molecule has 0 bridgehead atoms. The number of aromatic nitrogens is 1. The van der Waals surface area contributed by atoms with Crippen molar-refractivity contribution in [3.63, 3.8) is 0 Å². The van der Waals surface area contributed by atoms with E-state index in [0.717, 1.165) is 12.2 Å². The van der Waals surface area contributed by atoms with Gasteiger partial charge < -0.3 is 19.3 Å². The summed E-state index contributed by atoms with van der Waals surface area (Å²) in [4.78, 5) is 30.5. The second-order valence-electron chi connectivity index (χ2n) is 9.44. The van der Waals surface area contributed by atoms with E-state index in [1.54, 1.807) is 6.07 Å². The third-order valence-corrected chi connectivity index (χ3v) is 7.84. The molecule has 30 heavy (non-hydrogen) atoms. The Kier molecular flexibility index (Phi) is 5.69. The van der Waals surface area contributed by atoms with Gasteiger partial charge >= 0.3 is 0 Å². The third-order valence-electron chi connectivity index (χ3n) is 7.84. The summed E-state index contributed by atoms with van der Waals surface area (Å²) in [5.74, 6) is 0.672. The van der Waals surface area contributed by atoms with Crippen LogP contribution >= 0.6 is 0 Å². The molecule has 4 heterocycles. The lowest BCUT2D eigenvalue weighted by molar-refractivity contribution is -0.142. The number of aliphatic hydroxyl groups is 1. The molecule has 7 heteroatoms. The smallest absolute Gasteiger partial charge is 0.250 e. The summed E-state index contributed by atoms with van der Waals surface area (Å²) in [5, 5.41) is 10.4. The van der Waals surface area contributed by atoms with Gasteiger partial charge in [0.2, 0.25) is 5.91 Å². The standard InChI is InChI=1S/C23H33N3O4/c27-15-18-17-14-25-19(7-4-8-20(25)28)21(17)26(13-16-5-2-1-3-6-16)22(18)23(29)24-9-11-30-12-10-24/h4,7-8,16-18,21-22,27H,1-3,5-6,9-15H2/t17-,18-,21+,22-/m1/s1. The molecule has 0 unspecified atom stereocenters. The number of rotatable bonds is 4. The number of carbonyl (C=O) groups is 1. The normalized spacial score (nSPS) is 32.2. The Labute approximate surface area is 177 Å². The van der Waals surface area contributed by atoms with Gasteiger partial charge in [0.1, 0.15) is 0 Å². The van der Waals surface area contributed by atoms with Crippen LogP contribution in [0.15, 0.2) is 23.0 Å². The maximum absolute atomic E-state index is 13.7. The lowest BCUT2D eigenvalue weighted by Gasteiger charge is -2.38. The zero-order chi connectivity index (χ0) is 20.7. The highest BCUT2D eigenvalue weighted by atomic mass is 16.5. The van der Waals surface area contributed by atoms with Crippen LogP contribution in [-0.2, 0) is 16.1 Å². The van der Waals surface area contributed by atoms with E-state index in [-0.39, 0.29) is 42.0 Å². The number of nitrogens with zero attached hydrogens (tertiary/aromatic N) is 3. The first-order valence-corrected chi connectivity index (χ1v) is 11.6. The van der Waals surface area contributed by atoms with Crippen LogP contribution in [-0.4, -0.2) is 70.9 Å². The fourth-order valence-corrected chi connectivity index (χ4v) is 6.38. The van der Waals surface area contributed by atoms with Gasteiger partial charge in [-0.05, 0) is 24.8 Å². The first kappa shape index (κ1) is 20.2. The molecule has 1 amide bonds. The van der Waals surface area contributed by atoms with E-state index in [9.17, 15) is 14.7 Å². The van der Waals surface area contributed by atoms with E-state index in [1.807, 2.05) is 21.6 Å². The number of aliphatic hydroxyl groups excluding tert-OH is 1. The van der Waals surface area contributed by atoms with Crippen LogP contribution in [0.4, 0.5) is 0 Å². The molecular weight excluding hydrogens is 382 g/mol. The zero-order valence-electron chi connectivity index (χ0n) is 17.6. The summed E-state index contributed by atoms with van der Waals surface area (Å²) >= 11 is 0. The highest BCUT2D eigenvalue weighted by Gasteiger charge is 2.56. The fraction of sp³-hybridized carbons (Fsp3) is 0.739. The summed E-state index contributed by atoms with van der Waals surface area (Å²) in [5.41, 5.74) is 1.03. The monoisotopic (exact) mass is 415 g/mol. The van der Waals surface area contributed by atoms with E-state index in [2.05, 4.69) is 4.90 Å². The van der Waals surface area contributed by atoms with Crippen LogP contribution in [0.25, 0.3) is 0 Å². The molecule has 1 saturated carbocycles. The maximum Gasteiger partial charge on any atom is 0.250 e. The number of ether oxygens (including phenoxy) is 1. The van der Waals surface area contributed by atoms with Crippen molar-refractivity contribution in [2.45, 2.75) is 50.7 Å². The highest BCUT2D eigenvalue weighted by molar-refractivity contribution is 5.83. The average Bonchev–Trinajstić information content (AvgIpc) is 3.30. The lowest BCUT2D eigenvalue weighted by atomic mass is 9.88. The minimum atomic E-state index is -0.311. The molecule has 1 aliphatic carbocycles. The van der Waals surface area contributed by atoms with Crippen molar-refractivity contribution in [1.82, 2.24) is 14.4 Å². The van der Waals surface area contributed by atoms with E-state index >= 15 is 0 Å². The van der Waals surface area contributed by atoms with Gasteiger partial charge in [0.05, 0.1) is 25.3 Å². The number of pyridine rings is 1. The molecule has 164 valence electrons. The van der Waals surface area contributed by atoms with Crippen LogP contribution in [0, 0.1) is 17.8 Å². The second kappa shape index (κ2) is 8.44. The molecule has 5 rings (SSSR count). The molecule has 0 spiro atoms. The largest absolute Gasteiger partial charge is 0.396 e. The van der Waals surface area contributed by atoms with Crippen molar-refractivity contribution in [2.24, 2.45) is 17.8 Å². The molecule has 4 aliphatic rings. The minimum absolute atomic E-state index is 0.0206. The van der Waals surface area contributed by atoms with Crippen LogP contribution in [0.3, 0.4) is 0 Å². The fourth-order valence-electron chi connectivity index (χ4n) is 6.38. The molecule has 0 aromatic carbocycles. The van der Waals surface area contributed by atoms with Gasteiger partial charge in [0.15, 0.2) is 0 Å². The number of hydrogen-bond acceptors (Lipinski definition) is 5. The van der Waals surface area contributed by atoms with E-state index in [1.165, 1.54) is 32.1 Å². The maximum atomic E-state index is 13.7. The molecule has 0 radical (unpaired) electrons. The summed E-state index contributed by atoms with van der Waals surface area (Å²) < 4.78 is 7.32. The highest BCUT2D eigenvalue weighted by Crippen LogP contribution is 2.50. The molecule has 1 aromatic rings. The topological polar surface area (TPSA) is 75.0 Å². The van der Waals surface area contributed by atoms with Gasteiger partial charge in [-0.3, -0.25) is 14.5 Å². The summed E-state index contributed by atoms with van der Waals surface area (Å²) in [6.45, 7) is 3.85. The average molecular weight is 416 g/mol. The number of amides is 1. The molecule has 1 aromatic heterocycles. The predicted octanol–water partition coefficient (Wildman–Crippen LogP) is 1.25. The molecule has 3 fully saturated rings. The zero-order valence-corrected chi connectivity index (χ0v) is 17.6. The van der Waals surface area contributed by atoms with E-state index in [0.29, 0.717) is 38.8 Å². The molecule has 3 aliphatic heterocycles. The molecule has 1 N–H and O–H groups in total. The van der Waals surface area contributed by atoms with Crippen molar-refractivity contribution < 1.29 is 14.6 Å². The Morgan fingerprint density at radius 1 is 1.13 bits per heavy atom. The number of fused-ring (bicyclic) bond motifs is 3. The molecule has 2 saturated heterocycles. The van der Waals surface area contributed by atoms with Crippen molar-refractivity contribution >= 4 is 5.91 Å². The molecule has 7 nitrogen and oxygen atoms in total. The summed E-state index contributed by atoms with van der Waals surface area (Å²) in [6, 6.07) is 5.21. The first-order chi connectivity index (χ1) is 14.7. The van der Waals surface area contributed by atoms with Crippen molar-refractivity contribution in [2.75, 3.05) is 39.5 Å². The van der Waals surface area contributed by atoms with Gasteiger partial charge in [-0.15, -0.1) is 0 Å². The second-order valence-corrected chi connectivity index (χ2v) is 9.44. The number of hydrogen-bond donors (Lipinski definition) is 1. The van der Waals surface area contributed by atoms with E-state index in [4.69, 9.17) is 4.74 Å². The van der Waals surface area contributed by atoms with Crippen LogP contribution in [0.5, 0.6) is 0 Å². The minimum Gasteiger partial charge on any atom is -0.396 e. The van der Waals surface area contributed by atoms with Crippen LogP contribution < -0.4 is 5.56 Å². The Bertz CT molecular complexity index is 828. The first-order valence-electron chi connectivity index (χ1n) is 11.6. The van der Waals surface area contributed by atoms with Gasteiger partial charge in [-0.2, -0.15) is 0 Å². The van der Waals surface area contributed by atoms with Crippen LogP contribution in [0.1, 0.15) is 43.8 Å². The lowest BCUT2D eigenvalue weighted by Crippen LogP contribution is -2.53.